The summed E-state index contributed by atoms with van der Waals surface area (Å²) in [5, 5.41) is 0. The molecular formula is C94H76B2N4O4. The number of rotatable bonds is 17. The minimum absolute atomic E-state index is 0.177. The van der Waals surface area contributed by atoms with E-state index in [1.54, 1.807) is 0 Å². The van der Waals surface area contributed by atoms with E-state index in [0.29, 0.717) is 0 Å². The van der Waals surface area contributed by atoms with Crippen LogP contribution in [0.3, 0.4) is 0 Å². The Balaban J connectivity index is 0.743. The van der Waals surface area contributed by atoms with Crippen LogP contribution in [0.2, 0.25) is 0 Å². The summed E-state index contributed by atoms with van der Waals surface area (Å²) in [6.07, 6.45) is 1.77. The molecule has 4 heterocycles. The molecule has 0 radical (unpaired) electrons. The zero-order valence-electron chi connectivity index (χ0n) is 59.2. The predicted octanol–water partition coefficient (Wildman–Crippen LogP) is 21.8. The van der Waals surface area contributed by atoms with Crippen LogP contribution in [0.1, 0.15) is 72.4 Å². The molecule has 1 atom stereocenters. The van der Waals surface area contributed by atoms with Crippen LogP contribution in [0.5, 0.6) is 46.0 Å². The van der Waals surface area contributed by atoms with Crippen molar-refractivity contribution < 1.29 is 18.9 Å². The molecule has 0 bridgehead atoms. The second-order valence-electron chi connectivity index (χ2n) is 28.4. The fourth-order valence-corrected chi connectivity index (χ4v) is 15.8. The quantitative estimate of drug-likeness (QED) is 0.0836. The molecule has 14 aromatic rings. The highest BCUT2D eigenvalue weighted by molar-refractivity contribution is 6.99. The van der Waals surface area contributed by atoms with E-state index in [1.165, 1.54) is 33.4 Å². The summed E-state index contributed by atoms with van der Waals surface area (Å²) < 4.78 is 29.7. The van der Waals surface area contributed by atoms with E-state index in [-0.39, 0.29) is 25.3 Å². The maximum Gasteiger partial charge on any atom is 0.260 e. The van der Waals surface area contributed by atoms with Gasteiger partial charge in [-0.25, -0.2) is 0 Å². The van der Waals surface area contributed by atoms with Gasteiger partial charge in [0.05, 0.1) is 22.7 Å². The second-order valence-corrected chi connectivity index (χ2v) is 28.4. The third kappa shape index (κ3) is 11.4. The zero-order valence-corrected chi connectivity index (χ0v) is 59.2. The highest BCUT2D eigenvalue weighted by Crippen LogP contribution is 2.55. The number of aryl methyl sites for hydroxylation is 4. The van der Waals surface area contributed by atoms with E-state index in [0.717, 1.165) is 160 Å². The first-order valence-electron chi connectivity index (χ1n) is 36.3. The lowest BCUT2D eigenvalue weighted by molar-refractivity contribution is 0.465. The smallest absolute Gasteiger partial charge is 0.260 e. The molecule has 0 amide bonds. The van der Waals surface area contributed by atoms with Crippen molar-refractivity contribution >= 4 is 114 Å². The average molecular weight is 1350 g/mol. The molecule has 0 spiro atoms. The van der Waals surface area contributed by atoms with Crippen molar-refractivity contribution in [3.63, 3.8) is 0 Å². The van der Waals surface area contributed by atoms with Gasteiger partial charge in [-0.2, -0.15) is 0 Å². The summed E-state index contributed by atoms with van der Waals surface area (Å²) in [5.41, 5.74) is 25.4. The van der Waals surface area contributed by atoms with E-state index in [1.807, 2.05) is 0 Å². The summed E-state index contributed by atoms with van der Waals surface area (Å²) in [7, 11) is 0. The molecule has 10 heteroatoms. The molecule has 0 saturated carbocycles. The number of anilines is 12. The SMILES string of the molecule is Cc1ccc(N(c2ccc(C)cc2)c2cc(N(c3ccc(C)cc3)c3ccc(CCC(C)c4ccc5c(c4)B4c6cc(C(C)C)ccc6Oc6c(N(c7ccccc7)c7ccccc7)cc(N(c7ccccc7)c7ccccc7)c(c64)O5)cc3)c3c4c2Oc2ccccc2B4c2ccccc2O3)cc1. The number of para-hydroxylation sites is 6. The normalized spacial score (nSPS) is 12.7. The van der Waals surface area contributed by atoms with Gasteiger partial charge in [-0.3, -0.25) is 0 Å². The first-order chi connectivity index (χ1) is 51.0. The van der Waals surface area contributed by atoms with E-state index in [9.17, 15) is 0 Å². The Kier molecular flexibility index (Phi) is 16.3. The summed E-state index contributed by atoms with van der Waals surface area (Å²) in [4.78, 5) is 9.40. The molecule has 0 aliphatic carbocycles. The van der Waals surface area contributed by atoms with E-state index in [2.05, 4.69) is 377 Å². The van der Waals surface area contributed by atoms with Crippen molar-refractivity contribution in [1.82, 2.24) is 0 Å². The molecule has 104 heavy (non-hydrogen) atoms. The summed E-state index contributed by atoms with van der Waals surface area (Å²) in [5.74, 6) is 6.85. The Hall–Kier alpha value is -12.4. The molecule has 0 fully saturated rings. The number of fused-ring (bicyclic) bond motifs is 8. The lowest BCUT2D eigenvalue weighted by Gasteiger charge is -2.39. The van der Waals surface area contributed by atoms with Crippen LogP contribution in [0.15, 0.2) is 315 Å². The number of benzene rings is 14. The Labute approximate surface area is 610 Å². The molecule has 18 rings (SSSR count). The largest absolute Gasteiger partial charge is 0.456 e. The van der Waals surface area contributed by atoms with E-state index in [4.69, 9.17) is 18.9 Å². The number of hydrogen-bond donors (Lipinski definition) is 0. The summed E-state index contributed by atoms with van der Waals surface area (Å²) in [6, 6.07) is 114. The van der Waals surface area contributed by atoms with Gasteiger partial charge in [-0.15, -0.1) is 0 Å². The zero-order chi connectivity index (χ0) is 70.1. The molecular weight excluding hydrogens is 1270 g/mol. The Morgan fingerprint density at radius 3 is 0.923 bits per heavy atom. The first kappa shape index (κ1) is 63.8. The molecule has 14 aromatic carbocycles. The maximum absolute atomic E-state index is 7.57. The second kappa shape index (κ2) is 26.5. The predicted molar refractivity (Wildman–Crippen MR) is 432 cm³/mol. The van der Waals surface area contributed by atoms with Crippen LogP contribution in [-0.2, 0) is 6.42 Å². The third-order valence-electron chi connectivity index (χ3n) is 21.2. The van der Waals surface area contributed by atoms with Gasteiger partial charge in [0, 0.05) is 56.4 Å². The van der Waals surface area contributed by atoms with Gasteiger partial charge < -0.3 is 38.5 Å². The molecule has 4 aliphatic heterocycles. The molecule has 502 valence electrons. The van der Waals surface area contributed by atoms with Gasteiger partial charge in [0.25, 0.3) is 13.4 Å². The van der Waals surface area contributed by atoms with Crippen LogP contribution < -0.4 is 71.3 Å². The third-order valence-corrected chi connectivity index (χ3v) is 21.2. The van der Waals surface area contributed by atoms with Crippen molar-refractivity contribution in [2.75, 3.05) is 19.6 Å². The number of ether oxygens (including phenoxy) is 4. The summed E-state index contributed by atoms with van der Waals surface area (Å²) in [6.45, 7) is 12.9. The highest BCUT2D eigenvalue weighted by atomic mass is 16.5. The molecule has 4 aliphatic rings. The van der Waals surface area contributed by atoms with Gasteiger partial charge in [-0.05, 0) is 217 Å². The number of nitrogens with zero attached hydrogens (tertiary/aromatic N) is 4. The topological polar surface area (TPSA) is 49.9 Å². The molecule has 1 unspecified atom stereocenters. The van der Waals surface area contributed by atoms with Crippen LogP contribution in [-0.4, -0.2) is 13.4 Å². The van der Waals surface area contributed by atoms with E-state index < -0.39 is 0 Å². The fourth-order valence-electron chi connectivity index (χ4n) is 15.8. The first-order valence-corrected chi connectivity index (χ1v) is 36.3. The van der Waals surface area contributed by atoms with Gasteiger partial charge in [0.1, 0.15) is 23.0 Å². The van der Waals surface area contributed by atoms with Gasteiger partial charge in [0.15, 0.2) is 23.0 Å². The van der Waals surface area contributed by atoms with Crippen LogP contribution in [0, 0.1) is 20.8 Å². The van der Waals surface area contributed by atoms with Gasteiger partial charge in [-0.1, -0.05) is 219 Å². The molecule has 0 N–H and O–H groups in total. The van der Waals surface area contributed by atoms with Crippen molar-refractivity contribution in [3.8, 4) is 46.0 Å². The minimum atomic E-state index is -0.244. The van der Waals surface area contributed by atoms with Crippen molar-refractivity contribution in [2.24, 2.45) is 0 Å². The standard InChI is InChI=1S/C94H76B2N4O4/c1-61(2)67-45-55-87-79(57-67)96-80-58-68(46-56-88(80)104-94-82(98(71-27-15-9-16-28-71)72-29-17-10-18-30-72)59-81(93(103-87)90(94)96)97(69-23-11-7-12-24-69)70-25-13-8-14-26-70)65(6)41-42-66-43-53-76(54-44-66)100(75-51-39-64(5)40-52-75)84-60-83(99(73-47-35-62(3)36-48-73)74-49-37-63(4)38-50-74)91-89-92(84)102-86-34-22-20-32-78(86)95(89)77-31-19-21-33-85(77)101-91/h7-40,43-61,65H,41-42H2,1-6H3. The lowest BCUT2D eigenvalue weighted by atomic mass is 9.34. The number of hydrogen-bond acceptors (Lipinski definition) is 8. The van der Waals surface area contributed by atoms with Crippen molar-refractivity contribution in [1.29, 1.82) is 0 Å². The Morgan fingerprint density at radius 1 is 0.279 bits per heavy atom. The lowest BCUT2D eigenvalue weighted by Crippen LogP contribution is -2.58. The van der Waals surface area contributed by atoms with Crippen LogP contribution in [0.4, 0.5) is 68.2 Å². The fraction of sp³-hybridized carbons (Fsp3) is 0.106. The molecule has 8 nitrogen and oxygen atoms in total. The van der Waals surface area contributed by atoms with Crippen molar-refractivity contribution in [2.45, 2.75) is 66.2 Å². The van der Waals surface area contributed by atoms with Gasteiger partial charge in [0.2, 0.25) is 0 Å². The Morgan fingerprint density at radius 2 is 0.567 bits per heavy atom. The highest BCUT2D eigenvalue weighted by Gasteiger charge is 2.47. The summed E-state index contributed by atoms with van der Waals surface area (Å²) >= 11 is 0. The minimum Gasteiger partial charge on any atom is -0.456 e. The monoisotopic (exact) mass is 1350 g/mol. The average Bonchev–Trinajstić information content (AvgIpc) is 0.708. The van der Waals surface area contributed by atoms with Crippen molar-refractivity contribution in [3.05, 3.63) is 349 Å². The van der Waals surface area contributed by atoms with Crippen LogP contribution in [0.25, 0.3) is 0 Å². The molecule has 0 saturated heterocycles. The molecule has 0 aromatic heterocycles. The Bertz CT molecular complexity index is 5310. The maximum atomic E-state index is 7.57. The van der Waals surface area contributed by atoms with E-state index >= 15 is 0 Å². The van der Waals surface area contributed by atoms with Crippen LogP contribution >= 0.6 is 0 Å². The van der Waals surface area contributed by atoms with Gasteiger partial charge >= 0.3 is 0 Å².